The van der Waals surface area contributed by atoms with Gasteiger partial charge in [-0.05, 0) is 12.8 Å². The fourth-order valence-corrected chi connectivity index (χ4v) is 3.12. The van der Waals surface area contributed by atoms with E-state index in [4.69, 9.17) is 21.9 Å². The minimum atomic E-state index is 0.196. The molecule has 1 fully saturated rings. The van der Waals surface area contributed by atoms with Crippen LogP contribution in [0.2, 0.25) is 0 Å². The molecule has 0 aliphatic heterocycles. The predicted octanol–water partition coefficient (Wildman–Crippen LogP) is 2.90. The first-order valence-electron chi connectivity index (χ1n) is 7.47. The molecular formula is C16H25N3O. The Morgan fingerprint density at radius 3 is 2.75 bits per heavy atom. The van der Waals surface area contributed by atoms with E-state index in [0.29, 0.717) is 24.9 Å². The minimum Gasteiger partial charge on any atom is -0.384 e. The average molecular weight is 275 g/mol. The van der Waals surface area contributed by atoms with Crippen LogP contribution < -0.4 is 5.73 Å². The molecule has 1 heterocycles. The van der Waals surface area contributed by atoms with Crippen LogP contribution in [0.3, 0.4) is 0 Å². The lowest BCUT2D eigenvalue weighted by Gasteiger charge is -2.21. The highest BCUT2D eigenvalue weighted by molar-refractivity contribution is 5.42. The van der Waals surface area contributed by atoms with Gasteiger partial charge in [0, 0.05) is 18.9 Å². The summed E-state index contributed by atoms with van der Waals surface area (Å²) >= 11 is 0. The average Bonchev–Trinajstić information content (AvgIpc) is 2.78. The van der Waals surface area contributed by atoms with Gasteiger partial charge in [0.25, 0.3) is 0 Å². The molecule has 4 nitrogen and oxygen atoms in total. The number of methoxy groups -OCH3 is 1. The summed E-state index contributed by atoms with van der Waals surface area (Å²) in [6.45, 7) is 3.22. The number of nitrogens with zero attached hydrogens (tertiary/aromatic N) is 2. The van der Waals surface area contributed by atoms with E-state index in [1.54, 1.807) is 7.11 Å². The lowest BCUT2D eigenvalue weighted by atomic mass is 9.88. The number of hydrogen-bond donors (Lipinski definition) is 1. The van der Waals surface area contributed by atoms with E-state index >= 15 is 0 Å². The van der Waals surface area contributed by atoms with Gasteiger partial charge in [-0.15, -0.1) is 6.42 Å². The molecule has 1 unspecified atom stereocenters. The van der Waals surface area contributed by atoms with E-state index in [1.165, 1.54) is 32.1 Å². The number of ether oxygens (including phenoxy) is 1. The second-order valence-corrected chi connectivity index (χ2v) is 5.72. The second-order valence-electron chi connectivity index (χ2n) is 5.72. The van der Waals surface area contributed by atoms with Crippen molar-refractivity contribution in [3.8, 4) is 12.3 Å². The van der Waals surface area contributed by atoms with E-state index in [1.807, 2.05) is 4.57 Å². The van der Waals surface area contributed by atoms with Gasteiger partial charge in [0.2, 0.25) is 0 Å². The molecule has 20 heavy (non-hydrogen) atoms. The van der Waals surface area contributed by atoms with E-state index in [-0.39, 0.29) is 5.92 Å². The van der Waals surface area contributed by atoms with Crippen molar-refractivity contribution in [2.75, 3.05) is 19.5 Å². The van der Waals surface area contributed by atoms with Crippen molar-refractivity contribution < 1.29 is 4.74 Å². The highest BCUT2D eigenvalue weighted by Crippen LogP contribution is 2.35. The van der Waals surface area contributed by atoms with Gasteiger partial charge in [-0.2, -0.15) is 0 Å². The van der Waals surface area contributed by atoms with Crippen LogP contribution in [0.4, 0.5) is 5.82 Å². The highest BCUT2D eigenvalue weighted by atomic mass is 16.5. The Morgan fingerprint density at radius 1 is 1.45 bits per heavy atom. The predicted molar refractivity (Wildman–Crippen MR) is 81.6 cm³/mol. The van der Waals surface area contributed by atoms with Gasteiger partial charge < -0.3 is 15.0 Å². The smallest absolute Gasteiger partial charge is 0.128 e. The van der Waals surface area contributed by atoms with Gasteiger partial charge in [0.1, 0.15) is 11.6 Å². The molecular weight excluding hydrogens is 250 g/mol. The number of aromatic nitrogens is 2. The van der Waals surface area contributed by atoms with Gasteiger partial charge >= 0.3 is 0 Å². The molecule has 0 radical (unpaired) electrons. The van der Waals surface area contributed by atoms with E-state index in [2.05, 4.69) is 12.8 Å². The van der Waals surface area contributed by atoms with Crippen LogP contribution in [-0.4, -0.2) is 23.3 Å². The maximum absolute atomic E-state index is 6.28. The Labute approximate surface area is 121 Å². The van der Waals surface area contributed by atoms with Gasteiger partial charge in [0.15, 0.2) is 0 Å². The number of rotatable bonds is 5. The lowest BCUT2D eigenvalue weighted by molar-refractivity contribution is 0.183. The first-order valence-corrected chi connectivity index (χ1v) is 7.47. The largest absolute Gasteiger partial charge is 0.384 e. The van der Waals surface area contributed by atoms with Crippen molar-refractivity contribution in [2.24, 2.45) is 0 Å². The van der Waals surface area contributed by atoms with Crippen LogP contribution in [0, 0.1) is 12.3 Å². The standard InChI is InChI=1S/C16H25N3O/c1-4-10-19-15(17)14(12(2)11-20-3)18-16(19)13-8-6-5-7-9-13/h1,12-13H,5-11,17H2,2-3H3. The molecule has 0 spiro atoms. The Balaban J connectivity index is 2.34. The number of nitrogens with two attached hydrogens (primary N) is 1. The zero-order valence-electron chi connectivity index (χ0n) is 12.6. The number of terminal acetylenes is 1. The SMILES string of the molecule is C#CCn1c(C2CCCCC2)nc(C(C)COC)c1N. The lowest BCUT2D eigenvalue weighted by Crippen LogP contribution is -2.13. The van der Waals surface area contributed by atoms with Crippen molar-refractivity contribution in [3.63, 3.8) is 0 Å². The molecule has 1 aromatic heterocycles. The van der Waals surface area contributed by atoms with Crippen molar-refractivity contribution in [2.45, 2.75) is 57.4 Å². The summed E-state index contributed by atoms with van der Waals surface area (Å²) in [4.78, 5) is 4.83. The maximum atomic E-state index is 6.28. The van der Waals surface area contributed by atoms with Crippen molar-refractivity contribution in [1.82, 2.24) is 9.55 Å². The molecule has 1 aliphatic carbocycles. The fourth-order valence-electron chi connectivity index (χ4n) is 3.12. The van der Waals surface area contributed by atoms with Crippen LogP contribution in [0.25, 0.3) is 0 Å². The van der Waals surface area contributed by atoms with Crippen molar-refractivity contribution in [1.29, 1.82) is 0 Å². The number of nitrogen functional groups attached to an aromatic ring is 1. The van der Waals surface area contributed by atoms with Crippen LogP contribution in [0.15, 0.2) is 0 Å². The van der Waals surface area contributed by atoms with E-state index in [0.717, 1.165) is 11.5 Å². The zero-order chi connectivity index (χ0) is 14.5. The summed E-state index contributed by atoms with van der Waals surface area (Å²) in [5, 5.41) is 0. The molecule has 1 aromatic rings. The number of hydrogen-bond acceptors (Lipinski definition) is 3. The number of anilines is 1. The molecule has 0 aromatic carbocycles. The summed E-state index contributed by atoms with van der Waals surface area (Å²) < 4.78 is 7.25. The Bertz CT molecular complexity index is 481. The summed E-state index contributed by atoms with van der Waals surface area (Å²) in [5.74, 6) is 5.20. The first kappa shape index (κ1) is 14.9. The minimum absolute atomic E-state index is 0.196. The van der Waals surface area contributed by atoms with Crippen LogP contribution in [0.1, 0.15) is 62.4 Å². The molecule has 4 heteroatoms. The summed E-state index contributed by atoms with van der Waals surface area (Å²) in [5.41, 5.74) is 7.21. The Morgan fingerprint density at radius 2 is 2.15 bits per heavy atom. The van der Waals surface area contributed by atoms with E-state index < -0.39 is 0 Å². The Kier molecular flexibility index (Phi) is 5.08. The van der Waals surface area contributed by atoms with Gasteiger partial charge in [0.05, 0.1) is 18.8 Å². The zero-order valence-corrected chi connectivity index (χ0v) is 12.6. The third-order valence-corrected chi connectivity index (χ3v) is 4.17. The van der Waals surface area contributed by atoms with Gasteiger partial charge in [-0.25, -0.2) is 4.98 Å². The summed E-state index contributed by atoms with van der Waals surface area (Å²) in [6, 6.07) is 0. The molecule has 0 amide bonds. The summed E-state index contributed by atoms with van der Waals surface area (Å²) in [6.07, 6.45) is 11.8. The van der Waals surface area contributed by atoms with E-state index in [9.17, 15) is 0 Å². The second kappa shape index (κ2) is 6.81. The molecule has 1 atom stereocenters. The highest BCUT2D eigenvalue weighted by Gasteiger charge is 2.25. The maximum Gasteiger partial charge on any atom is 0.128 e. The number of imidazole rings is 1. The van der Waals surface area contributed by atoms with Gasteiger partial charge in [-0.3, -0.25) is 0 Å². The monoisotopic (exact) mass is 275 g/mol. The first-order chi connectivity index (χ1) is 9.69. The molecule has 1 aliphatic rings. The van der Waals surface area contributed by atoms with Crippen LogP contribution >= 0.6 is 0 Å². The fraction of sp³-hybridized carbons (Fsp3) is 0.688. The Hall–Kier alpha value is -1.47. The normalized spacial score (nSPS) is 17.9. The molecule has 2 rings (SSSR count). The molecule has 0 saturated heterocycles. The van der Waals surface area contributed by atoms with Crippen molar-refractivity contribution >= 4 is 5.82 Å². The molecule has 2 N–H and O–H groups in total. The van der Waals surface area contributed by atoms with Crippen molar-refractivity contribution in [3.05, 3.63) is 11.5 Å². The molecule has 1 saturated carbocycles. The van der Waals surface area contributed by atoms with Crippen LogP contribution in [-0.2, 0) is 11.3 Å². The molecule has 0 bridgehead atoms. The third kappa shape index (κ3) is 2.99. The topological polar surface area (TPSA) is 53.1 Å². The molecule has 110 valence electrons. The third-order valence-electron chi connectivity index (χ3n) is 4.17. The summed E-state index contributed by atoms with van der Waals surface area (Å²) in [7, 11) is 1.70. The van der Waals surface area contributed by atoms with Crippen LogP contribution in [0.5, 0.6) is 0 Å². The quantitative estimate of drug-likeness (QED) is 0.841. The van der Waals surface area contributed by atoms with Gasteiger partial charge in [-0.1, -0.05) is 32.1 Å².